The van der Waals surface area contributed by atoms with Gasteiger partial charge in [-0.2, -0.15) is 0 Å². The van der Waals surface area contributed by atoms with E-state index in [0.717, 1.165) is 28.8 Å². The number of furan rings is 1. The minimum absolute atomic E-state index is 0.0338. The van der Waals surface area contributed by atoms with Crippen LogP contribution in [0.2, 0.25) is 0 Å². The van der Waals surface area contributed by atoms with Crippen molar-refractivity contribution in [3.05, 3.63) is 53.3 Å². The number of hydrogen-bond donors (Lipinski definition) is 1. The highest BCUT2D eigenvalue weighted by Gasteiger charge is 2.21. The molecule has 0 spiro atoms. The second-order valence-corrected chi connectivity index (χ2v) is 7.71. The molecule has 1 aliphatic carbocycles. The average molecular weight is 365 g/mol. The first-order valence-corrected chi connectivity index (χ1v) is 9.89. The summed E-state index contributed by atoms with van der Waals surface area (Å²) < 4.78 is 8.04. The molecule has 4 rings (SSSR count). The van der Waals surface area contributed by atoms with E-state index in [0.29, 0.717) is 23.6 Å². The van der Waals surface area contributed by atoms with E-state index in [-0.39, 0.29) is 5.91 Å². The number of carbonyl (C=O) groups excluding carboxylic acids is 1. The zero-order chi connectivity index (χ0) is 18.8. The monoisotopic (exact) mass is 365 g/mol. The van der Waals surface area contributed by atoms with E-state index in [1.54, 1.807) is 12.5 Å². The van der Waals surface area contributed by atoms with Gasteiger partial charge in [-0.15, -0.1) is 0 Å². The van der Waals surface area contributed by atoms with E-state index >= 15 is 0 Å². The molecule has 0 bridgehead atoms. The number of rotatable bonds is 5. The highest BCUT2D eigenvalue weighted by Crippen LogP contribution is 2.31. The maximum atomic E-state index is 12.9. The van der Waals surface area contributed by atoms with Gasteiger partial charge in [0, 0.05) is 30.9 Å². The van der Waals surface area contributed by atoms with Gasteiger partial charge < -0.3 is 14.3 Å². The van der Waals surface area contributed by atoms with Gasteiger partial charge in [-0.25, -0.2) is 4.98 Å². The number of nitrogens with one attached hydrogen (secondary N) is 1. The van der Waals surface area contributed by atoms with Gasteiger partial charge in [0.2, 0.25) is 0 Å². The second kappa shape index (κ2) is 7.59. The molecule has 0 saturated heterocycles. The Morgan fingerprint density at radius 2 is 2.07 bits per heavy atom. The topological polar surface area (TPSA) is 60.1 Å². The van der Waals surface area contributed by atoms with Crippen LogP contribution >= 0.6 is 0 Å². The number of benzene rings is 1. The normalized spacial score (nSPS) is 15.3. The van der Waals surface area contributed by atoms with Gasteiger partial charge in [-0.05, 0) is 49.8 Å². The van der Waals surface area contributed by atoms with Crippen molar-refractivity contribution in [3.8, 4) is 0 Å². The van der Waals surface area contributed by atoms with Gasteiger partial charge in [-0.3, -0.25) is 4.79 Å². The number of imidazole rings is 1. The van der Waals surface area contributed by atoms with Crippen LogP contribution in [0.4, 0.5) is 0 Å². The fourth-order valence-electron chi connectivity index (χ4n) is 4.16. The van der Waals surface area contributed by atoms with Crippen LogP contribution in [-0.4, -0.2) is 22.0 Å². The van der Waals surface area contributed by atoms with E-state index in [9.17, 15) is 4.79 Å². The van der Waals surface area contributed by atoms with Gasteiger partial charge in [-0.1, -0.05) is 25.3 Å². The summed E-state index contributed by atoms with van der Waals surface area (Å²) in [7, 11) is 0. The maximum absolute atomic E-state index is 12.9. The summed E-state index contributed by atoms with van der Waals surface area (Å²) in [5.74, 6) is 1.44. The molecule has 5 heteroatoms. The fraction of sp³-hybridized carbons (Fsp3) is 0.455. The van der Waals surface area contributed by atoms with Crippen LogP contribution in [0, 0.1) is 19.8 Å². The molecule has 1 N–H and O–H groups in total. The summed E-state index contributed by atoms with van der Waals surface area (Å²) in [6.45, 7) is 5.48. The van der Waals surface area contributed by atoms with Crippen LogP contribution in [0.15, 0.2) is 35.3 Å². The number of aromatic nitrogens is 2. The van der Waals surface area contributed by atoms with Gasteiger partial charge in [0.15, 0.2) is 0 Å². The number of hydrogen-bond acceptors (Lipinski definition) is 3. The first kappa shape index (κ1) is 17.8. The van der Waals surface area contributed by atoms with E-state index in [1.165, 1.54) is 32.1 Å². The summed E-state index contributed by atoms with van der Waals surface area (Å²) in [4.78, 5) is 17.0. The van der Waals surface area contributed by atoms with Gasteiger partial charge in [0.1, 0.15) is 11.3 Å². The van der Waals surface area contributed by atoms with Crippen LogP contribution in [0.5, 0.6) is 0 Å². The van der Waals surface area contributed by atoms with Crippen molar-refractivity contribution in [1.82, 2.24) is 14.9 Å². The molecule has 1 aliphatic rings. The molecule has 0 atom stereocenters. The predicted octanol–water partition coefficient (Wildman–Crippen LogP) is 4.60. The van der Waals surface area contributed by atoms with E-state index < -0.39 is 0 Å². The van der Waals surface area contributed by atoms with Crippen LogP contribution in [0.1, 0.15) is 59.3 Å². The molecule has 1 saturated carbocycles. The van der Waals surface area contributed by atoms with Crippen molar-refractivity contribution in [2.75, 3.05) is 6.54 Å². The molecular formula is C22H27N3O2. The van der Waals surface area contributed by atoms with Crippen molar-refractivity contribution >= 4 is 16.9 Å². The lowest BCUT2D eigenvalue weighted by atomic mass is 9.89. The Kier molecular flexibility index (Phi) is 5.01. The number of nitrogens with zero attached hydrogens (tertiary/aromatic N) is 2. The summed E-state index contributed by atoms with van der Waals surface area (Å²) in [6, 6.07) is 3.94. The largest absolute Gasteiger partial charge is 0.460 e. The molecule has 27 heavy (non-hydrogen) atoms. The van der Waals surface area contributed by atoms with Crippen LogP contribution < -0.4 is 5.32 Å². The standard InChI is InChI=1S/C22H27N3O2/c1-15-16(2)27-21-19(22(26)24-12-17-6-4-3-5-7-17)9-8-18(20(15)21)13-25-11-10-23-14-25/h8-11,14,17H,3-7,12-13H2,1-2H3,(H,24,26). The molecule has 2 aromatic heterocycles. The first-order valence-electron chi connectivity index (χ1n) is 9.89. The highest BCUT2D eigenvalue weighted by atomic mass is 16.3. The number of carbonyl (C=O) groups is 1. The predicted molar refractivity (Wildman–Crippen MR) is 106 cm³/mol. The van der Waals surface area contributed by atoms with E-state index in [4.69, 9.17) is 4.42 Å². The van der Waals surface area contributed by atoms with Gasteiger partial charge in [0.25, 0.3) is 5.91 Å². The van der Waals surface area contributed by atoms with E-state index in [2.05, 4.69) is 17.2 Å². The molecule has 0 unspecified atom stereocenters. The zero-order valence-corrected chi connectivity index (χ0v) is 16.1. The lowest BCUT2D eigenvalue weighted by Crippen LogP contribution is -2.30. The molecule has 142 valence electrons. The Labute approximate surface area is 159 Å². The maximum Gasteiger partial charge on any atom is 0.255 e. The van der Waals surface area contributed by atoms with Crippen molar-refractivity contribution in [2.24, 2.45) is 5.92 Å². The molecule has 3 aromatic rings. The first-order chi connectivity index (χ1) is 13.1. The second-order valence-electron chi connectivity index (χ2n) is 7.71. The molecular weight excluding hydrogens is 338 g/mol. The third-order valence-electron chi connectivity index (χ3n) is 5.84. The number of fused-ring (bicyclic) bond motifs is 1. The lowest BCUT2D eigenvalue weighted by Gasteiger charge is -2.21. The third kappa shape index (κ3) is 3.64. The molecule has 0 aliphatic heterocycles. The summed E-state index contributed by atoms with van der Waals surface area (Å²) in [5.41, 5.74) is 3.57. The fourth-order valence-corrected chi connectivity index (χ4v) is 4.16. The molecule has 5 nitrogen and oxygen atoms in total. The van der Waals surface area contributed by atoms with Gasteiger partial charge in [0.05, 0.1) is 11.9 Å². The van der Waals surface area contributed by atoms with Crippen LogP contribution in [0.25, 0.3) is 11.0 Å². The zero-order valence-electron chi connectivity index (χ0n) is 16.1. The van der Waals surface area contributed by atoms with Crippen LogP contribution in [-0.2, 0) is 6.54 Å². The van der Waals surface area contributed by atoms with Gasteiger partial charge >= 0.3 is 0 Å². The molecule has 0 radical (unpaired) electrons. The minimum Gasteiger partial charge on any atom is -0.460 e. The molecule has 1 amide bonds. The average Bonchev–Trinajstić information content (AvgIpc) is 3.29. The molecule has 2 heterocycles. The van der Waals surface area contributed by atoms with Crippen LogP contribution in [0.3, 0.4) is 0 Å². The van der Waals surface area contributed by atoms with Crippen molar-refractivity contribution in [3.63, 3.8) is 0 Å². The van der Waals surface area contributed by atoms with Crippen molar-refractivity contribution in [2.45, 2.75) is 52.5 Å². The summed E-state index contributed by atoms with van der Waals surface area (Å²) in [5, 5.41) is 4.19. The number of amides is 1. The molecule has 1 aromatic carbocycles. The Bertz CT molecular complexity index is 934. The summed E-state index contributed by atoms with van der Waals surface area (Å²) >= 11 is 0. The Balaban J connectivity index is 1.61. The van der Waals surface area contributed by atoms with Crippen molar-refractivity contribution in [1.29, 1.82) is 0 Å². The Morgan fingerprint density at radius 3 is 2.81 bits per heavy atom. The Hall–Kier alpha value is -2.56. The highest BCUT2D eigenvalue weighted by molar-refractivity contribution is 6.06. The number of aryl methyl sites for hydroxylation is 2. The smallest absolute Gasteiger partial charge is 0.255 e. The Morgan fingerprint density at radius 1 is 1.26 bits per heavy atom. The summed E-state index contributed by atoms with van der Waals surface area (Å²) in [6.07, 6.45) is 11.9. The third-order valence-corrected chi connectivity index (χ3v) is 5.84. The SMILES string of the molecule is Cc1oc2c(C(=O)NCC3CCCCC3)ccc(Cn3ccnc3)c2c1C. The minimum atomic E-state index is -0.0338. The lowest BCUT2D eigenvalue weighted by molar-refractivity contribution is 0.0944. The van der Waals surface area contributed by atoms with E-state index in [1.807, 2.05) is 29.8 Å². The quantitative estimate of drug-likeness (QED) is 0.718. The molecule has 1 fully saturated rings. The van der Waals surface area contributed by atoms with Crippen molar-refractivity contribution < 1.29 is 9.21 Å².